The number of nitrogens with two attached hydrogens (primary N) is 1. The van der Waals surface area contributed by atoms with Crippen LogP contribution in [0, 0.1) is 0 Å². The van der Waals surface area contributed by atoms with Gasteiger partial charge in [0.05, 0.1) is 19.6 Å². The number of esters is 1. The number of para-hydroxylation sites is 1. The third-order valence-electron chi connectivity index (χ3n) is 2.49. The van der Waals surface area contributed by atoms with Gasteiger partial charge in [-0.05, 0) is 19.9 Å². The minimum Gasteiger partial charge on any atom is -0.494 e. The first-order valence-corrected chi connectivity index (χ1v) is 6.92. The number of benzene rings is 1. The summed E-state index contributed by atoms with van der Waals surface area (Å²) in [6, 6.07) is 7.09. The summed E-state index contributed by atoms with van der Waals surface area (Å²) in [5.74, 6) is -3.21. The number of rotatable bonds is 6. The molecule has 8 nitrogen and oxygen atoms in total. The van der Waals surface area contributed by atoms with Crippen LogP contribution in [-0.2, 0) is 19.1 Å². The molecule has 23 heavy (non-hydrogen) atoms. The molecule has 128 valence electrons. The van der Waals surface area contributed by atoms with E-state index in [4.69, 9.17) is 35.0 Å². The Bertz CT molecular complexity index is 518. The number of ether oxygens (including phenoxy) is 2. The van der Waals surface area contributed by atoms with Crippen LogP contribution < -0.4 is 10.5 Å². The Morgan fingerprint density at radius 2 is 1.65 bits per heavy atom. The summed E-state index contributed by atoms with van der Waals surface area (Å²) in [6.07, 6.45) is 0.165. The highest BCUT2D eigenvalue weighted by Gasteiger charge is 2.16. The highest BCUT2D eigenvalue weighted by molar-refractivity contribution is 6.27. The molecule has 0 saturated carbocycles. The quantitative estimate of drug-likeness (QED) is 0.523. The number of carboxylic acids is 2. The Labute approximate surface area is 133 Å². The number of aliphatic carboxylic acids is 2. The molecule has 1 aromatic carbocycles. The standard InChI is InChI=1S/C13H19NO3.C2H2O4/c1-3-16-12-8-6-5-7-10(12)11(14)9-13(15)17-4-2;3-1(4)2(5)6/h5-8,11H,3-4,9,14H2,1-2H3;(H,3,4)(H,5,6). The van der Waals surface area contributed by atoms with E-state index in [2.05, 4.69) is 0 Å². The van der Waals surface area contributed by atoms with Crippen molar-refractivity contribution in [2.24, 2.45) is 5.73 Å². The lowest BCUT2D eigenvalue weighted by molar-refractivity contribution is -0.159. The summed E-state index contributed by atoms with van der Waals surface area (Å²) in [5, 5.41) is 14.8. The largest absolute Gasteiger partial charge is 0.494 e. The molecule has 0 spiro atoms. The molecular formula is C15H21NO7. The smallest absolute Gasteiger partial charge is 0.414 e. The average molecular weight is 327 g/mol. The maximum atomic E-state index is 11.4. The average Bonchev–Trinajstić information content (AvgIpc) is 2.48. The molecule has 0 amide bonds. The van der Waals surface area contributed by atoms with Crippen molar-refractivity contribution in [2.45, 2.75) is 26.3 Å². The fraction of sp³-hybridized carbons (Fsp3) is 0.400. The summed E-state index contributed by atoms with van der Waals surface area (Å²) in [4.78, 5) is 29.6. The van der Waals surface area contributed by atoms with Crippen LogP contribution in [0.1, 0.15) is 31.9 Å². The van der Waals surface area contributed by atoms with Crippen molar-refractivity contribution < 1.29 is 34.1 Å². The molecule has 0 aliphatic carbocycles. The van der Waals surface area contributed by atoms with Crippen molar-refractivity contribution in [3.05, 3.63) is 29.8 Å². The SMILES string of the molecule is CCOC(=O)CC(N)c1ccccc1OCC.O=C(O)C(=O)O. The van der Waals surface area contributed by atoms with Gasteiger partial charge in [-0.3, -0.25) is 4.79 Å². The maximum Gasteiger partial charge on any atom is 0.414 e. The molecule has 0 heterocycles. The van der Waals surface area contributed by atoms with Crippen LogP contribution in [0.4, 0.5) is 0 Å². The van der Waals surface area contributed by atoms with Crippen LogP contribution >= 0.6 is 0 Å². The fourth-order valence-electron chi connectivity index (χ4n) is 1.58. The van der Waals surface area contributed by atoms with Gasteiger partial charge in [0.15, 0.2) is 0 Å². The molecule has 0 aromatic heterocycles. The highest BCUT2D eigenvalue weighted by atomic mass is 16.5. The van der Waals surface area contributed by atoms with Crippen LogP contribution in [0.25, 0.3) is 0 Å². The van der Waals surface area contributed by atoms with E-state index in [1.165, 1.54) is 0 Å². The first kappa shape index (κ1) is 20.4. The Morgan fingerprint density at radius 1 is 1.09 bits per heavy atom. The predicted octanol–water partition coefficient (Wildman–Crippen LogP) is 1.19. The van der Waals surface area contributed by atoms with Crippen molar-refractivity contribution in [3.63, 3.8) is 0 Å². The Hall–Kier alpha value is -2.61. The predicted molar refractivity (Wildman–Crippen MR) is 81.1 cm³/mol. The van der Waals surface area contributed by atoms with Gasteiger partial charge in [0.25, 0.3) is 0 Å². The molecule has 0 aliphatic heterocycles. The van der Waals surface area contributed by atoms with Gasteiger partial charge in [-0.25, -0.2) is 9.59 Å². The van der Waals surface area contributed by atoms with Crippen molar-refractivity contribution in [3.8, 4) is 5.75 Å². The van der Waals surface area contributed by atoms with Gasteiger partial charge in [-0.15, -0.1) is 0 Å². The Balaban J connectivity index is 0.000000688. The summed E-state index contributed by atoms with van der Waals surface area (Å²) in [5.41, 5.74) is 6.81. The molecule has 4 N–H and O–H groups in total. The van der Waals surface area contributed by atoms with Crippen LogP contribution in [0.15, 0.2) is 24.3 Å². The van der Waals surface area contributed by atoms with Gasteiger partial charge in [-0.1, -0.05) is 18.2 Å². The molecule has 0 saturated heterocycles. The van der Waals surface area contributed by atoms with Gasteiger partial charge in [0, 0.05) is 11.6 Å². The number of hydrogen-bond donors (Lipinski definition) is 3. The van der Waals surface area contributed by atoms with Crippen LogP contribution in [0.3, 0.4) is 0 Å². The normalized spacial score (nSPS) is 10.7. The third kappa shape index (κ3) is 8.42. The lowest BCUT2D eigenvalue weighted by Crippen LogP contribution is -2.18. The van der Waals surface area contributed by atoms with Crippen molar-refractivity contribution in [1.82, 2.24) is 0 Å². The van der Waals surface area contributed by atoms with Crippen LogP contribution in [-0.4, -0.2) is 41.3 Å². The molecule has 1 rings (SSSR count). The molecule has 8 heteroatoms. The highest BCUT2D eigenvalue weighted by Crippen LogP contribution is 2.25. The molecule has 1 unspecified atom stereocenters. The summed E-state index contributed by atoms with van der Waals surface area (Å²) in [6.45, 7) is 4.63. The summed E-state index contributed by atoms with van der Waals surface area (Å²) >= 11 is 0. The molecular weight excluding hydrogens is 306 g/mol. The van der Waals surface area contributed by atoms with Gasteiger partial charge in [-0.2, -0.15) is 0 Å². The summed E-state index contributed by atoms with van der Waals surface area (Å²) in [7, 11) is 0. The minimum atomic E-state index is -1.82. The van der Waals surface area contributed by atoms with E-state index in [-0.39, 0.29) is 12.4 Å². The lowest BCUT2D eigenvalue weighted by Gasteiger charge is -2.15. The lowest BCUT2D eigenvalue weighted by atomic mass is 10.0. The molecule has 1 aromatic rings. The number of carbonyl (C=O) groups is 3. The van der Waals surface area contributed by atoms with E-state index < -0.39 is 18.0 Å². The zero-order valence-electron chi connectivity index (χ0n) is 13.0. The monoisotopic (exact) mass is 327 g/mol. The first-order valence-electron chi connectivity index (χ1n) is 6.92. The molecule has 0 bridgehead atoms. The Morgan fingerprint density at radius 3 is 2.13 bits per heavy atom. The molecule has 0 radical (unpaired) electrons. The van der Waals surface area contributed by atoms with E-state index >= 15 is 0 Å². The second-order valence-corrected chi connectivity index (χ2v) is 4.20. The van der Waals surface area contributed by atoms with Gasteiger partial charge < -0.3 is 25.4 Å². The van der Waals surface area contributed by atoms with E-state index in [1.807, 2.05) is 31.2 Å². The van der Waals surface area contributed by atoms with E-state index in [0.29, 0.717) is 13.2 Å². The topological polar surface area (TPSA) is 136 Å². The number of hydrogen-bond acceptors (Lipinski definition) is 6. The van der Waals surface area contributed by atoms with Crippen molar-refractivity contribution in [2.75, 3.05) is 13.2 Å². The second kappa shape index (κ2) is 11.0. The zero-order chi connectivity index (χ0) is 17.8. The molecule has 1 atom stereocenters. The molecule has 0 aliphatic rings. The summed E-state index contributed by atoms with van der Waals surface area (Å²) < 4.78 is 10.3. The van der Waals surface area contributed by atoms with E-state index in [1.54, 1.807) is 6.92 Å². The van der Waals surface area contributed by atoms with Gasteiger partial charge in [0.1, 0.15) is 5.75 Å². The number of carbonyl (C=O) groups excluding carboxylic acids is 1. The number of carboxylic acid groups (broad SMARTS) is 2. The van der Waals surface area contributed by atoms with Crippen LogP contribution in [0.5, 0.6) is 5.75 Å². The van der Waals surface area contributed by atoms with E-state index in [0.717, 1.165) is 11.3 Å². The Kier molecular flexibility index (Phi) is 9.77. The van der Waals surface area contributed by atoms with Gasteiger partial charge in [0.2, 0.25) is 0 Å². The van der Waals surface area contributed by atoms with E-state index in [9.17, 15) is 4.79 Å². The second-order valence-electron chi connectivity index (χ2n) is 4.20. The first-order chi connectivity index (χ1) is 10.8. The maximum absolute atomic E-state index is 11.4. The van der Waals surface area contributed by atoms with Crippen molar-refractivity contribution in [1.29, 1.82) is 0 Å². The van der Waals surface area contributed by atoms with Crippen LogP contribution in [0.2, 0.25) is 0 Å². The minimum absolute atomic E-state index is 0.165. The molecule has 0 fully saturated rings. The third-order valence-corrected chi connectivity index (χ3v) is 2.49. The van der Waals surface area contributed by atoms with Crippen molar-refractivity contribution >= 4 is 17.9 Å². The van der Waals surface area contributed by atoms with Gasteiger partial charge >= 0.3 is 17.9 Å². The zero-order valence-corrected chi connectivity index (χ0v) is 13.0. The fourth-order valence-corrected chi connectivity index (χ4v) is 1.58.